The molecule has 0 bridgehead atoms. The Morgan fingerprint density at radius 3 is 2.82 bits per heavy atom. The average molecular weight is 376 g/mol. The van der Waals surface area contributed by atoms with Crippen LogP contribution in [0.2, 0.25) is 0 Å². The molecule has 2 heterocycles. The number of hydrogen-bond donors (Lipinski definition) is 1. The molecule has 0 saturated carbocycles. The van der Waals surface area contributed by atoms with Gasteiger partial charge in [-0.3, -0.25) is 4.98 Å². The minimum Gasteiger partial charge on any atom is -0.304 e. The van der Waals surface area contributed by atoms with Crippen molar-refractivity contribution < 1.29 is 0 Å². The number of thiophene rings is 1. The number of pyridine rings is 1. The average Bonchev–Trinajstić information content (AvgIpc) is 2.67. The molecule has 0 saturated heterocycles. The zero-order valence-corrected chi connectivity index (χ0v) is 13.3. The van der Waals surface area contributed by atoms with E-state index in [-0.39, 0.29) is 6.04 Å². The summed E-state index contributed by atoms with van der Waals surface area (Å²) in [5.41, 5.74) is 1.07. The second kappa shape index (κ2) is 6.09. The molecule has 2 aromatic rings. The van der Waals surface area contributed by atoms with Crippen molar-refractivity contribution >= 4 is 43.2 Å². The van der Waals surface area contributed by atoms with Gasteiger partial charge < -0.3 is 5.32 Å². The van der Waals surface area contributed by atoms with Crippen molar-refractivity contribution in [3.05, 3.63) is 49.3 Å². The maximum absolute atomic E-state index is 4.34. The lowest BCUT2D eigenvalue weighted by Gasteiger charge is -2.11. The summed E-state index contributed by atoms with van der Waals surface area (Å²) in [6.45, 7) is 2.98. The third kappa shape index (κ3) is 3.61. The molecule has 2 rings (SSSR count). The van der Waals surface area contributed by atoms with Gasteiger partial charge in [0.2, 0.25) is 0 Å². The van der Waals surface area contributed by atoms with Crippen LogP contribution >= 0.6 is 43.2 Å². The van der Waals surface area contributed by atoms with E-state index in [1.807, 2.05) is 24.4 Å². The lowest BCUT2D eigenvalue weighted by Crippen LogP contribution is -2.18. The van der Waals surface area contributed by atoms with Crippen LogP contribution < -0.4 is 5.32 Å². The highest BCUT2D eigenvalue weighted by Crippen LogP contribution is 2.32. The fourth-order valence-electron chi connectivity index (χ4n) is 1.47. The molecule has 0 aliphatic heterocycles. The van der Waals surface area contributed by atoms with Gasteiger partial charge in [-0.05, 0) is 57.0 Å². The molecule has 0 radical (unpaired) electrons. The van der Waals surface area contributed by atoms with Crippen molar-refractivity contribution in [2.45, 2.75) is 19.5 Å². The van der Waals surface area contributed by atoms with E-state index >= 15 is 0 Å². The highest BCUT2D eigenvalue weighted by atomic mass is 79.9. The lowest BCUT2D eigenvalue weighted by molar-refractivity contribution is 0.565. The second-order valence-corrected chi connectivity index (χ2v) is 7.00. The van der Waals surface area contributed by atoms with Crippen molar-refractivity contribution in [1.82, 2.24) is 10.3 Å². The monoisotopic (exact) mass is 374 g/mol. The van der Waals surface area contributed by atoms with Gasteiger partial charge in [-0.15, -0.1) is 11.3 Å². The smallest absolute Gasteiger partial charge is 0.0843 e. The molecule has 0 amide bonds. The number of nitrogens with one attached hydrogen (secondary N) is 1. The van der Waals surface area contributed by atoms with Crippen molar-refractivity contribution in [1.29, 1.82) is 0 Å². The van der Waals surface area contributed by atoms with E-state index < -0.39 is 0 Å². The minimum absolute atomic E-state index is 0.260. The molecule has 1 atom stereocenters. The molecule has 5 heteroatoms. The quantitative estimate of drug-likeness (QED) is 0.849. The Hall–Kier alpha value is -0.230. The standard InChI is InChI=1S/C12H12Br2N2S/c1-8(11-4-2-3-5-15-11)16-7-9-6-10(13)12(14)17-9/h2-6,8,16H,7H2,1H3/t8-/m0/s1. The van der Waals surface area contributed by atoms with Gasteiger partial charge in [0.25, 0.3) is 0 Å². The van der Waals surface area contributed by atoms with Gasteiger partial charge in [-0.1, -0.05) is 6.07 Å². The summed E-state index contributed by atoms with van der Waals surface area (Å²) >= 11 is 8.73. The largest absolute Gasteiger partial charge is 0.304 e. The first kappa shape index (κ1) is 13.2. The summed E-state index contributed by atoms with van der Waals surface area (Å²) in [4.78, 5) is 5.63. The van der Waals surface area contributed by atoms with Gasteiger partial charge in [-0.2, -0.15) is 0 Å². The fraction of sp³-hybridized carbons (Fsp3) is 0.250. The zero-order chi connectivity index (χ0) is 12.3. The normalized spacial score (nSPS) is 12.6. The molecule has 0 fully saturated rings. The van der Waals surface area contributed by atoms with Crippen LogP contribution in [0.25, 0.3) is 0 Å². The molecule has 90 valence electrons. The van der Waals surface area contributed by atoms with Gasteiger partial charge in [0.1, 0.15) is 0 Å². The molecule has 0 aliphatic carbocycles. The van der Waals surface area contributed by atoms with Gasteiger partial charge >= 0.3 is 0 Å². The molecule has 0 unspecified atom stereocenters. The first-order chi connectivity index (χ1) is 8.16. The summed E-state index contributed by atoms with van der Waals surface area (Å²) in [7, 11) is 0. The second-order valence-electron chi connectivity index (χ2n) is 3.69. The van der Waals surface area contributed by atoms with Crippen LogP contribution in [0.5, 0.6) is 0 Å². The Bertz CT molecular complexity index is 465. The Balaban J connectivity index is 1.94. The van der Waals surface area contributed by atoms with Crippen molar-refractivity contribution in [3.63, 3.8) is 0 Å². The summed E-state index contributed by atoms with van der Waals surface area (Å²) in [5.74, 6) is 0. The van der Waals surface area contributed by atoms with Crippen LogP contribution in [0.3, 0.4) is 0 Å². The van der Waals surface area contributed by atoms with E-state index in [9.17, 15) is 0 Å². The lowest BCUT2D eigenvalue weighted by atomic mass is 10.2. The Morgan fingerprint density at radius 1 is 1.41 bits per heavy atom. The van der Waals surface area contributed by atoms with Gasteiger partial charge in [0, 0.05) is 28.1 Å². The zero-order valence-electron chi connectivity index (χ0n) is 9.28. The van der Waals surface area contributed by atoms with E-state index in [0.717, 1.165) is 20.5 Å². The maximum Gasteiger partial charge on any atom is 0.0843 e. The molecular weight excluding hydrogens is 364 g/mol. The van der Waals surface area contributed by atoms with E-state index in [1.165, 1.54) is 4.88 Å². The molecule has 0 spiro atoms. The molecular formula is C12H12Br2N2S. The van der Waals surface area contributed by atoms with E-state index in [0.29, 0.717) is 0 Å². The molecule has 0 aliphatic rings. The number of aromatic nitrogens is 1. The predicted octanol–water partition coefficient (Wildman–Crippen LogP) is 4.52. The van der Waals surface area contributed by atoms with E-state index in [2.05, 4.69) is 55.2 Å². The van der Waals surface area contributed by atoms with Crippen LogP contribution in [0, 0.1) is 0 Å². The number of nitrogens with zero attached hydrogens (tertiary/aromatic N) is 1. The fourth-order valence-corrected chi connectivity index (χ4v) is 3.60. The van der Waals surface area contributed by atoms with Crippen LogP contribution in [-0.4, -0.2) is 4.98 Å². The van der Waals surface area contributed by atoms with E-state index in [1.54, 1.807) is 11.3 Å². The van der Waals surface area contributed by atoms with Gasteiger partial charge in [0.15, 0.2) is 0 Å². The molecule has 17 heavy (non-hydrogen) atoms. The van der Waals surface area contributed by atoms with Gasteiger partial charge in [-0.25, -0.2) is 0 Å². The number of rotatable bonds is 4. The van der Waals surface area contributed by atoms with Crippen LogP contribution in [0.15, 0.2) is 38.7 Å². The summed E-state index contributed by atoms with van der Waals surface area (Å²) < 4.78 is 2.25. The Labute approximate surface area is 122 Å². The van der Waals surface area contributed by atoms with Crippen molar-refractivity contribution in [2.24, 2.45) is 0 Å². The predicted molar refractivity (Wildman–Crippen MR) is 79.2 cm³/mol. The third-order valence-corrected chi connectivity index (χ3v) is 5.67. The SMILES string of the molecule is C[C@H](NCc1cc(Br)c(Br)s1)c1ccccn1. The van der Waals surface area contributed by atoms with Crippen LogP contribution in [0.1, 0.15) is 23.5 Å². The molecule has 1 N–H and O–H groups in total. The third-order valence-electron chi connectivity index (χ3n) is 2.41. The van der Waals surface area contributed by atoms with Crippen LogP contribution in [0.4, 0.5) is 0 Å². The van der Waals surface area contributed by atoms with Crippen LogP contribution in [-0.2, 0) is 6.54 Å². The summed E-state index contributed by atoms with van der Waals surface area (Å²) in [5, 5.41) is 3.46. The highest BCUT2D eigenvalue weighted by molar-refractivity contribution is 9.13. The Kier molecular flexibility index (Phi) is 4.73. The summed E-state index contributed by atoms with van der Waals surface area (Å²) in [6.07, 6.45) is 1.83. The molecule has 2 aromatic heterocycles. The first-order valence-electron chi connectivity index (χ1n) is 5.25. The van der Waals surface area contributed by atoms with Gasteiger partial charge in [0.05, 0.1) is 9.48 Å². The highest BCUT2D eigenvalue weighted by Gasteiger charge is 2.08. The topological polar surface area (TPSA) is 24.9 Å². The molecule has 0 aromatic carbocycles. The number of hydrogen-bond acceptors (Lipinski definition) is 3. The van der Waals surface area contributed by atoms with Crippen molar-refractivity contribution in [3.8, 4) is 0 Å². The first-order valence-corrected chi connectivity index (χ1v) is 7.65. The minimum atomic E-state index is 0.260. The number of halogens is 2. The summed E-state index contributed by atoms with van der Waals surface area (Å²) in [6, 6.07) is 8.38. The molecule has 2 nitrogen and oxygen atoms in total. The van der Waals surface area contributed by atoms with Crippen molar-refractivity contribution in [2.75, 3.05) is 0 Å². The van der Waals surface area contributed by atoms with E-state index in [4.69, 9.17) is 0 Å². The maximum atomic E-state index is 4.34. The Morgan fingerprint density at radius 2 is 2.24 bits per heavy atom.